The summed E-state index contributed by atoms with van der Waals surface area (Å²) < 4.78 is 1.58. The van der Waals surface area contributed by atoms with E-state index in [-0.39, 0.29) is 10.8 Å². The molecule has 1 amide bonds. The maximum Gasteiger partial charge on any atom is 0.345 e. The molecular formula is C10H9N3O3S. The Kier molecular flexibility index (Phi) is 2.92. The van der Waals surface area contributed by atoms with Crippen molar-refractivity contribution in [3.05, 3.63) is 35.2 Å². The number of nitrogens with one attached hydrogen (secondary N) is 1. The Balaban J connectivity index is 2.13. The first-order valence-corrected chi connectivity index (χ1v) is 5.50. The molecule has 0 aliphatic heterocycles. The molecule has 0 aromatic carbocycles. The van der Waals surface area contributed by atoms with E-state index in [1.165, 1.54) is 18.6 Å². The molecule has 2 heterocycles. The standard InChI is InChI=1S/C10H9N3O3S/c1-13-5-11-4-6(13)9(14)12-8-3-2-7(17-8)10(15)16/h2-5H,1H3,(H,12,14)(H,15,16). The van der Waals surface area contributed by atoms with Crippen molar-refractivity contribution in [2.24, 2.45) is 7.05 Å². The molecule has 17 heavy (non-hydrogen) atoms. The summed E-state index contributed by atoms with van der Waals surface area (Å²) in [6.07, 6.45) is 2.97. The fourth-order valence-electron chi connectivity index (χ4n) is 1.27. The van der Waals surface area contributed by atoms with Gasteiger partial charge in [-0.1, -0.05) is 0 Å². The van der Waals surface area contributed by atoms with Gasteiger partial charge in [0.15, 0.2) is 0 Å². The smallest absolute Gasteiger partial charge is 0.345 e. The third kappa shape index (κ3) is 2.34. The predicted octanol–water partition coefficient (Wildman–Crippen LogP) is 1.43. The van der Waals surface area contributed by atoms with E-state index in [9.17, 15) is 9.59 Å². The lowest BCUT2D eigenvalue weighted by Crippen LogP contribution is -2.14. The van der Waals surface area contributed by atoms with Crippen molar-refractivity contribution in [1.29, 1.82) is 0 Å². The van der Waals surface area contributed by atoms with Crippen molar-refractivity contribution in [3.8, 4) is 0 Å². The summed E-state index contributed by atoms with van der Waals surface area (Å²) in [6.45, 7) is 0. The van der Waals surface area contributed by atoms with Crippen LogP contribution in [-0.2, 0) is 7.05 Å². The van der Waals surface area contributed by atoms with Crippen LogP contribution in [-0.4, -0.2) is 26.5 Å². The highest BCUT2D eigenvalue weighted by Crippen LogP contribution is 2.22. The van der Waals surface area contributed by atoms with E-state index in [2.05, 4.69) is 10.3 Å². The van der Waals surface area contributed by atoms with Crippen LogP contribution in [0.3, 0.4) is 0 Å². The van der Waals surface area contributed by atoms with E-state index in [0.717, 1.165) is 11.3 Å². The van der Waals surface area contributed by atoms with Crippen molar-refractivity contribution >= 4 is 28.2 Å². The molecule has 2 N–H and O–H groups in total. The molecule has 2 rings (SSSR count). The van der Waals surface area contributed by atoms with E-state index < -0.39 is 5.97 Å². The maximum atomic E-state index is 11.8. The molecule has 0 bridgehead atoms. The molecule has 0 saturated heterocycles. The van der Waals surface area contributed by atoms with Crippen molar-refractivity contribution in [1.82, 2.24) is 9.55 Å². The first-order chi connectivity index (χ1) is 8.08. The van der Waals surface area contributed by atoms with Gasteiger partial charge in [0.25, 0.3) is 5.91 Å². The molecule has 0 unspecified atom stereocenters. The number of carboxylic acids is 1. The van der Waals surface area contributed by atoms with Gasteiger partial charge in [0.1, 0.15) is 10.6 Å². The normalized spacial score (nSPS) is 10.2. The summed E-state index contributed by atoms with van der Waals surface area (Å²) >= 11 is 1.01. The van der Waals surface area contributed by atoms with Crippen LogP contribution in [0.4, 0.5) is 5.00 Å². The van der Waals surface area contributed by atoms with Gasteiger partial charge in [0, 0.05) is 7.05 Å². The minimum Gasteiger partial charge on any atom is -0.477 e. The van der Waals surface area contributed by atoms with Crippen LogP contribution in [0.5, 0.6) is 0 Å². The number of hydrogen-bond acceptors (Lipinski definition) is 4. The predicted molar refractivity (Wildman–Crippen MR) is 62.4 cm³/mol. The maximum absolute atomic E-state index is 11.8. The lowest BCUT2D eigenvalue weighted by Gasteiger charge is -2.02. The number of thiophene rings is 1. The zero-order valence-electron chi connectivity index (χ0n) is 8.88. The Labute approximate surface area is 101 Å². The fourth-order valence-corrected chi connectivity index (χ4v) is 2.01. The van der Waals surface area contributed by atoms with Gasteiger partial charge in [0.05, 0.1) is 17.5 Å². The third-order valence-corrected chi connectivity index (χ3v) is 3.09. The van der Waals surface area contributed by atoms with Crippen LogP contribution in [0.1, 0.15) is 20.2 Å². The average molecular weight is 251 g/mol. The second-order valence-electron chi connectivity index (χ2n) is 3.31. The summed E-state index contributed by atoms with van der Waals surface area (Å²) in [6, 6.07) is 3.01. The molecule has 0 saturated carbocycles. The quantitative estimate of drug-likeness (QED) is 0.864. The van der Waals surface area contributed by atoms with Crippen molar-refractivity contribution in [3.63, 3.8) is 0 Å². The Bertz CT molecular complexity index is 573. The number of aromatic nitrogens is 2. The zero-order chi connectivity index (χ0) is 12.4. The minimum atomic E-state index is -1.00. The lowest BCUT2D eigenvalue weighted by atomic mass is 10.4. The van der Waals surface area contributed by atoms with Gasteiger partial charge >= 0.3 is 5.97 Å². The Morgan fingerprint density at radius 1 is 1.47 bits per heavy atom. The first-order valence-electron chi connectivity index (χ1n) is 4.68. The Morgan fingerprint density at radius 3 is 2.76 bits per heavy atom. The number of carbonyl (C=O) groups excluding carboxylic acids is 1. The van der Waals surface area contributed by atoms with E-state index in [1.54, 1.807) is 17.7 Å². The van der Waals surface area contributed by atoms with Crippen LogP contribution < -0.4 is 5.32 Å². The van der Waals surface area contributed by atoms with Gasteiger partial charge in [-0.15, -0.1) is 11.3 Å². The molecule has 0 atom stereocenters. The molecule has 0 aliphatic rings. The van der Waals surface area contributed by atoms with Gasteiger partial charge in [-0.3, -0.25) is 4.79 Å². The summed E-state index contributed by atoms with van der Waals surface area (Å²) in [5.41, 5.74) is 0.412. The van der Waals surface area contributed by atoms with E-state index in [4.69, 9.17) is 5.11 Å². The number of nitrogens with zero attached hydrogens (tertiary/aromatic N) is 2. The Morgan fingerprint density at radius 2 is 2.24 bits per heavy atom. The highest BCUT2D eigenvalue weighted by Gasteiger charge is 2.12. The molecule has 2 aromatic heterocycles. The van der Waals surface area contributed by atoms with Crippen molar-refractivity contribution < 1.29 is 14.7 Å². The zero-order valence-corrected chi connectivity index (χ0v) is 9.69. The number of hydrogen-bond donors (Lipinski definition) is 2. The number of imidazole rings is 1. The highest BCUT2D eigenvalue weighted by atomic mass is 32.1. The number of aromatic carboxylic acids is 1. The minimum absolute atomic E-state index is 0.185. The molecule has 0 spiro atoms. The summed E-state index contributed by atoms with van der Waals surface area (Å²) in [7, 11) is 1.71. The van der Waals surface area contributed by atoms with E-state index in [0.29, 0.717) is 10.7 Å². The number of carbonyl (C=O) groups is 2. The van der Waals surface area contributed by atoms with Gasteiger partial charge < -0.3 is 15.0 Å². The largest absolute Gasteiger partial charge is 0.477 e. The average Bonchev–Trinajstić information content (AvgIpc) is 2.86. The van der Waals surface area contributed by atoms with Crippen LogP contribution in [0.2, 0.25) is 0 Å². The van der Waals surface area contributed by atoms with Crippen LogP contribution >= 0.6 is 11.3 Å². The molecule has 0 aliphatic carbocycles. The molecule has 0 fully saturated rings. The van der Waals surface area contributed by atoms with E-state index in [1.807, 2.05) is 0 Å². The number of aryl methyl sites for hydroxylation is 1. The van der Waals surface area contributed by atoms with Crippen molar-refractivity contribution in [2.75, 3.05) is 5.32 Å². The van der Waals surface area contributed by atoms with Crippen LogP contribution in [0.25, 0.3) is 0 Å². The number of carboxylic acid groups (broad SMARTS) is 1. The topological polar surface area (TPSA) is 84.2 Å². The van der Waals surface area contributed by atoms with Gasteiger partial charge in [-0.25, -0.2) is 9.78 Å². The number of rotatable bonds is 3. The lowest BCUT2D eigenvalue weighted by molar-refractivity contribution is 0.0702. The summed E-state index contributed by atoms with van der Waals surface area (Å²) in [4.78, 5) is 26.4. The fraction of sp³-hybridized carbons (Fsp3) is 0.100. The summed E-state index contributed by atoms with van der Waals surface area (Å²) in [5.74, 6) is -1.32. The third-order valence-electron chi connectivity index (χ3n) is 2.10. The van der Waals surface area contributed by atoms with Crippen LogP contribution in [0.15, 0.2) is 24.7 Å². The number of amides is 1. The molecule has 7 heteroatoms. The second-order valence-corrected chi connectivity index (χ2v) is 4.40. The first kappa shape index (κ1) is 11.3. The Hall–Kier alpha value is -2.15. The molecule has 88 valence electrons. The van der Waals surface area contributed by atoms with Gasteiger partial charge in [-0.05, 0) is 12.1 Å². The SMILES string of the molecule is Cn1cncc1C(=O)Nc1ccc(C(=O)O)s1. The van der Waals surface area contributed by atoms with Gasteiger partial charge in [-0.2, -0.15) is 0 Å². The van der Waals surface area contributed by atoms with E-state index >= 15 is 0 Å². The second kappa shape index (κ2) is 4.38. The van der Waals surface area contributed by atoms with Crippen LogP contribution in [0, 0.1) is 0 Å². The van der Waals surface area contributed by atoms with Crippen molar-refractivity contribution in [2.45, 2.75) is 0 Å². The molecule has 2 aromatic rings. The molecule has 0 radical (unpaired) electrons. The monoisotopic (exact) mass is 251 g/mol. The van der Waals surface area contributed by atoms with Gasteiger partial charge in [0.2, 0.25) is 0 Å². The molecular weight excluding hydrogens is 242 g/mol. The number of anilines is 1. The summed E-state index contributed by atoms with van der Waals surface area (Å²) in [5, 5.41) is 11.9. The molecule has 6 nitrogen and oxygen atoms in total. The highest BCUT2D eigenvalue weighted by molar-refractivity contribution is 7.18.